The van der Waals surface area contributed by atoms with Crippen molar-refractivity contribution >= 4 is 5.82 Å². The molecule has 0 aliphatic carbocycles. The van der Waals surface area contributed by atoms with Gasteiger partial charge in [-0.1, -0.05) is 6.92 Å². The maximum atomic E-state index is 4.36. The fourth-order valence-electron chi connectivity index (χ4n) is 2.65. The number of hydrogen-bond acceptors (Lipinski definition) is 4. The normalized spacial score (nSPS) is 24.3. The van der Waals surface area contributed by atoms with Crippen molar-refractivity contribution in [2.75, 3.05) is 11.9 Å². The number of anilines is 1. The molecule has 94 valence electrons. The second kappa shape index (κ2) is 5.45. The summed E-state index contributed by atoms with van der Waals surface area (Å²) in [6, 6.07) is 5.39. The van der Waals surface area contributed by atoms with Crippen LogP contribution in [0.1, 0.15) is 38.8 Å². The molecule has 2 unspecified atom stereocenters. The van der Waals surface area contributed by atoms with E-state index in [2.05, 4.69) is 46.4 Å². The second-order valence-corrected chi connectivity index (χ2v) is 4.81. The Morgan fingerprint density at radius 2 is 2.18 bits per heavy atom. The third-order valence-electron chi connectivity index (χ3n) is 3.59. The molecule has 2 atom stereocenters. The number of nitrogens with zero attached hydrogens (tertiary/aromatic N) is 3. The maximum absolute atomic E-state index is 4.36. The molecule has 1 aromatic heterocycles. The van der Waals surface area contributed by atoms with Crippen molar-refractivity contribution in [1.82, 2.24) is 15.5 Å². The summed E-state index contributed by atoms with van der Waals surface area (Å²) in [6.07, 6.45) is 3.72. The standard InChI is InChI=1S/C13H22N4/c1-4-12-7-5-10(2)17(12)13-8-6-11(9-14-3)15-16-13/h6,8,10,12,14H,4-5,7,9H2,1-3H3. The molecule has 0 radical (unpaired) electrons. The van der Waals surface area contributed by atoms with Crippen LogP contribution in [0.3, 0.4) is 0 Å². The average Bonchev–Trinajstić information content (AvgIpc) is 2.72. The minimum absolute atomic E-state index is 0.587. The highest BCUT2D eigenvalue weighted by Gasteiger charge is 2.30. The fraction of sp³-hybridized carbons (Fsp3) is 0.692. The summed E-state index contributed by atoms with van der Waals surface area (Å²) in [5.41, 5.74) is 0.996. The quantitative estimate of drug-likeness (QED) is 0.864. The molecular weight excluding hydrogens is 212 g/mol. The molecule has 0 bridgehead atoms. The van der Waals surface area contributed by atoms with Crippen LogP contribution in [0.25, 0.3) is 0 Å². The molecule has 4 heteroatoms. The predicted octanol–water partition coefficient (Wildman–Crippen LogP) is 1.96. The topological polar surface area (TPSA) is 41.0 Å². The monoisotopic (exact) mass is 234 g/mol. The van der Waals surface area contributed by atoms with Gasteiger partial charge in [0, 0.05) is 18.6 Å². The van der Waals surface area contributed by atoms with Gasteiger partial charge in [-0.3, -0.25) is 0 Å². The summed E-state index contributed by atoms with van der Waals surface area (Å²) in [5, 5.41) is 11.7. The van der Waals surface area contributed by atoms with E-state index in [0.717, 1.165) is 18.1 Å². The highest BCUT2D eigenvalue weighted by Crippen LogP contribution is 2.30. The Morgan fingerprint density at radius 1 is 1.35 bits per heavy atom. The lowest BCUT2D eigenvalue weighted by Gasteiger charge is -2.28. The zero-order chi connectivity index (χ0) is 12.3. The lowest BCUT2D eigenvalue weighted by atomic mass is 10.1. The first kappa shape index (κ1) is 12.3. The van der Waals surface area contributed by atoms with E-state index < -0.39 is 0 Å². The summed E-state index contributed by atoms with van der Waals surface area (Å²) < 4.78 is 0. The van der Waals surface area contributed by atoms with Gasteiger partial charge >= 0.3 is 0 Å². The third-order valence-corrected chi connectivity index (χ3v) is 3.59. The van der Waals surface area contributed by atoms with Crippen LogP contribution >= 0.6 is 0 Å². The summed E-state index contributed by atoms with van der Waals surface area (Å²) in [6.45, 7) is 5.30. The first-order chi connectivity index (χ1) is 8.26. The maximum Gasteiger partial charge on any atom is 0.151 e. The van der Waals surface area contributed by atoms with Crippen LogP contribution in [0.5, 0.6) is 0 Å². The molecule has 4 nitrogen and oxygen atoms in total. The van der Waals surface area contributed by atoms with Crippen molar-refractivity contribution in [1.29, 1.82) is 0 Å². The second-order valence-electron chi connectivity index (χ2n) is 4.81. The molecule has 0 aromatic carbocycles. The van der Waals surface area contributed by atoms with Crippen LogP contribution < -0.4 is 10.2 Å². The van der Waals surface area contributed by atoms with E-state index in [1.54, 1.807) is 0 Å². The van der Waals surface area contributed by atoms with Crippen LogP contribution in [0.15, 0.2) is 12.1 Å². The van der Waals surface area contributed by atoms with E-state index in [1.807, 2.05) is 7.05 Å². The van der Waals surface area contributed by atoms with Crippen LogP contribution in [-0.2, 0) is 6.54 Å². The fourth-order valence-corrected chi connectivity index (χ4v) is 2.65. The molecule has 1 saturated heterocycles. The minimum Gasteiger partial charge on any atom is -0.349 e. The number of rotatable bonds is 4. The van der Waals surface area contributed by atoms with Crippen molar-refractivity contribution in [2.45, 2.75) is 51.7 Å². The number of hydrogen-bond donors (Lipinski definition) is 1. The molecule has 2 heterocycles. The van der Waals surface area contributed by atoms with E-state index in [1.165, 1.54) is 19.3 Å². The lowest BCUT2D eigenvalue weighted by molar-refractivity contribution is 0.615. The van der Waals surface area contributed by atoms with E-state index in [4.69, 9.17) is 0 Å². The van der Waals surface area contributed by atoms with Crippen molar-refractivity contribution in [3.63, 3.8) is 0 Å². The van der Waals surface area contributed by atoms with E-state index >= 15 is 0 Å². The van der Waals surface area contributed by atoms with E-state index in [0.29, 0.717) is 12.1 Å². The van der Waals surface area contributed by atoms with Crippen LogP contribution in [0, 0.1) is 0 Å². The third kappa shape index (κ3) is 2.57. The highest BCUT2D eigenvalue weighted by molar-refractivity contribution is 5.41. The average molecular weight is 234 g/mol. The number of nitrogens with one attached hydrogen (secondary N) is 1. The van der Waals surface area contributed by atoms with Gasteiger partial charge in [-0.05, 0) is 45.4 Å². The van der Waals surface area contributed by atoms with E-state index in [-0.39, 0.29) is 0 Å². The van der Waals surface area contributed by atoms with Gasteiger partial charge in [0.05, 0.1) is 5.69 Å². The number of aromatic nitrogens is 2. The molecule has 1 aliphatic rings. The van der Waals surface area contributed by atoms with Gasteiger partial charge in [0.2, 0.25) is 0 Å². The summed E-state index contributed by atoms with van der Waals surface area (Å²) >= 11 is 0. The Bertz CT molecular complexity index is 349. The van der Waals surface area contributed by atoms with Gasteiger partial charge in [-0.2, -0.15) is 5.10 Å². The SMILES string of the molecule is CCC1CCC(C)N1c1ccc(CNC)nn1. The molecule has 2 rings (SSSR count). The first-order valence-corrected chi connectivity index (χ1v) is 6.51. The Kier molecular flexibility index (Phi) is 3.94. The van der Waals surface area contributed by atoms with E-state index in [9.17, 15) is 0 Å². The lowest BCUT2D eigenvalue weighted by Crippen LogP contribution is -2.35. The molecule has 1 aromatic rings. The van der Waals surface area contributed by atoms with Crippen molar-refractivity contribution < 1.29 is 0 Å². The Hall–Kier alpha value is -1.16. The van der Waals surface area contributed by atoms with Gasteiger partial charge in [-0.25, -0.2) is 0 Å². The van der Waals surface area contributed by atoms with Gasteiger partial charge in [0.1, 0.15) is 0 Å². The summed E-state index contributed by atoms with van der Waals surface area (Å²) in [7, 11) is 1.92. The van der Waals surface area contributed by atoms with Crippen molar-refractivity contribution in [3.8, 4) is 0 Å². The molecule has 1 aliphatic heterocycles. The summed E-state index contributed by atoms with van der Waals surface area (Å²) in [5.74, 6) is 1.03. The molecule has 17 heavy (non-hydrogen) atoms. The molecule has 0 spiro atoms. The summed E-state index contributed by atoms with van der Waals surface area (Å²) in [4.78, 5) is 2.43. The van der Waals surface area contributed by atoms with Gasteiger partial charge in [0.15, 0.2) is 5.82 Å². The van der Waals surface area contributed by atoms with Gasteiger partial charge < -0.3 is 10.2 Å². The Balaban J connectivity index is 2.15. The molecule has 0 saturated carbocycles. The predicted molar refractivity (Wildman–Crippen MR) is 70.0 cm³/mol. The van der Waals surface area contributed by atoms with Crippen molar-refractivity contribution in [2.24, 2.45) is 0 Å². The Labute approximate surface area is 103 Å². The van der Waals surface area contributed by atoms with Crippen LogP contribution in [0.4, 0.5) is 5.82 Å². The van der Waals surface area contributed by atoms with Crippen molar-refractivity contribution in [3.05, 3.63) is 17.8 Å². The zero-order valence-corrected chi connectivity index (χ0v) is 11.0. The largest absolute Gasteiger partial charge is 0.349 e. The minimum atomic E-state index is 0.587. The molecule has 0 amide bonds. The highest BCUT2D eigenvalue weighted by atomic mass is 15.3. The zero-order valence-electron chi connectivity index (χ0n) is 11.0. The van der Waals surface area contributed by atoms with Gasteiger partial charge in [0.25, 0.3) is 0 Å². The molecule has 1 N–H and O–H groups in total. The van der Waals surface area contributed by atoms with Crippen LogP contribution in [0.2, 0.25) is 0 Å². The Morgan fingerprint density at radius 3 is 2.76 bits per heavy atom. The first-order valence-electron chi connectivity index (χ1n) is 6.51. The van der Waals surface area contributed by atoms with Gasteiger partial charge in [-0.15, -0.1) is 5.10 Å². The molecule has 1 fully saturated rings. The van der Waals surface area contributed by atoms with Crippen LogP contribution in [-0.4, -0.2) is 29.3 Å². The smallest absolute Gasteiger partial charge is 0.151 e. The molecular formula is C13H22N4.